The molecule has 1 aromatic carbocycles. The first-order valence-corrected chi connectivity index (χ1v) is 8.95. The summed E-state index contributed by atoms with van der Waals surface area (Å²) in [5.74, 6) is 0. The summed E-state index contributed by atoms with van der Waals surface area (Å²) in [6, 6.07) is 13.6. The average molecular weight is 352 g/mol. The fourth-order valence-electron chi connectivity index (χ4n) is 2.30. The van der Waals surface area contributed by atoms with Gasteiger partial charge in [0.1, 0.15) is 0 Å². The maximum Gasteiger partial charge on any atom is 0.0175 e. The van der Waals surface area contributed by atoms with E-state index in [0.29, 0.717) is 6.04 Å². The van der Waals surface area contributed by atoms with E-state index in [9.17, 15) is 0 Å². The Morgan fingerprint density at radius 2 is 2.00 bits per heavy atom. The monoisotopic (exact) mass is 351 g/mol. The standard InChI is InChI=1S/C17H22BrNS/c1-2-11-19-16(9-10-17-4-3-12-20-17)13-14-5-7-15(18)8-6-14/h3-8,12,16,19H,2,9-11,13H2,1H3. The highest BCUT2D eigenvalue weighted by molar-refractivity contribution is 9.10. The van der Waals surface area contributed by atoms with Gasteiger partial charge in [-0.25, -0.2) is 0 Å². The van der Waals surface area contributed by atoms with Crippen molar-refractivity contribution in [2.24, 2.45) is 0 Å². The lowest BCUT2D eigenvalue weighted by Crippen LogP contribution is -2.32. The number of hydrogen-bond acceptors (Lipinski definition) is 2. The molecular weight excluding hydrogens is 330 g/mol. The van der Waals surface area contributed by atoms with Gasteiger partial charge in [-0.05, 0) is 61.4 Å². The van der Waals surface area contributed by atoms with Gasteiger partial charge in [0.25, 0.3) is 0 Å². The largest absolute Gasteiger partial charge is 0.314 e. The third kappa shape index (κ3) is 5.39. The number of aryl methyl sites for hydroxylation is 1. The number of rotatable bonds is 8. The van der Waals surface area contributed by atoms with Crippen LogP contribution in [0.5, 0.6) is 0 Å². The summed E-state index contributed by atoms with van der Waals surface area (Å²) in [6.45, 7) is 3.33. The highest BCUT2D eigenvalue weighted by Crippen LogP contribution is 2.16. The zero-order valence-electron chi connectivity index (χ0n) is 11.9. The molecule has 0 spiro atoms. The van der Waals surface area contributed by atoms with Gasteiger partial charge in [-0.2, -0.15) is 0 Å². The topological polar surface area (TPSA) is 12.0 Å². The molecule has 2 rings (SSSR count). The predicted octanol–water partition coefficient (Wildman–Crippen LogP) is 5.05. The second-order valence-corrected chi connectivity index (χ2v) is 7.05. The van der Waals surface area contributed by atoms with Crippen molar-refractivity contribution in [3.8, 4) is 0 Å². The SMILES string of the molecule is CCCNC(CCc1cccs1)Cc1ccc(Br)cc1. The van der Waals surface area contributed by atoms with E-state index in [0.717, 1.165) is 17.4 Å². The van der Waals surface area contributed by atoms with E-state index < -0.39 is 0 Å². The van der Waals surface area contributed by atoms with Gasteiger partial charge in [-0.1, -0.05) is 41.1 Å². The fraction of sp³-hybridized carbons (Fsp3) is 0.412. The van der Waals surface area contributed by atoms with Crippen molar-refractivity contribution in [2.45, 2.75) is 38.6 Å². The van der Waals surface area contributed by atoms with Crippen LogP contribution in [0, 0.1) is 0 Å². The van der Waals surface area contributed by atoms with Crippen LogP contribution in [0.15, 0.2) is 46.3 Å². The average Bonchev–Trinajstić information content (AvgIpc) is 2.97. The first-order chi connectivity index (χ1) is 9.78. The van der Waals surface area contributed by atoms with Crippen LogP contribution in [0.3, 0.4) is 0 Å². The zero-order valence-corrected chi connectivity index (χ0v) is 14.3. The van der Waals surface area contributed by atoms with E-state index in [1.807, 2.05) is 11.3 Å². The second kappa shape index (κ2) is 8.60. The second-order valence-electron chi connectivity index (χ2n) is 5.10. The summed E-state index contributed by atoms with van der Waals surface area (Å²) in [5, 5.41) is 5.85. The third-order valence-electron chi connectivity index (χ3n) is 3.40. The van der Waals surface area contributed by atoms with E-state index in [4.69, 9.17) is 0 Å². The molecule has 1 heterocycles. The Kier molecular flexibility index (Phi) is 6.77. The van der Waals surface area contributed by atoms with Gasteiger partial charge in [-0.3, -0.25) is 0 Å². The molecule has 1 aromatic heterocycles. The predicted molar refractivity (Wildman–Crippen MR) is 92.6 cm³/mol. The number of thiophene rings is 1. The van der Waals surface area contributed by atoms with Gasteiger partial charge < -0.3 is 5.32 Å². The summed E-state index contributed by atoms with van der Waals surface area (Å²) in [7, 11) is 0. The number of nitrogens with one attached hydrogen (secondary N) is 1. The Bertz CT molecular complexity index is 478. The Morgan fingerprint density at radius 1 is 1.20 bits per heavy atom. The van der Waals surface area contributed by atoms with Crippen LogP contribution >= 0.6 is 27.3 Å². The number of halogens is 1. The van der Waals surface area contributed by atoms with Crippen LogP contribution in [0.1, 0.15) is 30.2 Å². The third-order valence-corrected chi connectivity index (χ3v) is 4.86. The van der Waals surface area contributed by atoms with Crippen LogP contribution < -0.4 is 5.32 Å². The molecule has 2 aromatic rings. The summed E-state index contributed by atoms with van der Waals surface area (Å²) < 4.78 is 1.15. The molecule has 1 nitrogen and oxygen atoms in total. The maximum atomic E-state index is 3.69. The molecule has 0 saturated heterocycles. The maximum absolute atomic E-state index is 3.69. The molecule has 0 radical (unpaired) electrons. The van der Waals surface area contributed by atoms with Gasteiger partial charge in [0.05, 0.1) is 0 Å². The van der Waals surface area contributed by atoms with E-state index in [1.165, 1.54) is 29.7 Å². The van der Waals surface area contributed by atoms with Gasteiger partial charge in [0.2, 0.25) is 0 Å². The molecule has 0 aliphatic rings. The highest BCUT2D eigenvalue weighted by atomic mass is 79.9. The van der Waals surface area contributed by atoms with Crippen LogP contribution in [0.25, 0.3) is 0 Å². The van der Waals surface area contributed by atoms with Crippen molar-refractivity contribution < 1.29 is 0 Å². The molecule has 3 heteroatoms. The Morgan fingerprint density at radius 3 is 2.65 bits per heavy atom. The molecule has 0 fully saturated rings. The van der Waals surface area contributed by atoms with E-state index >= 15 is 0 Å². The summed E-state index contributed by atoms with van der Waals surface area (Å²) in [6.07, 6.45) is 4.68. The molecule has 108 valence electrons. The minimum atomic E-state index is 0.568. The molecule has 0 aliphatic carbocycles. The molecule has 0 saturated carbocycles. The zero-order chi connectivity index (χ0) is 14.2. The van der Waals surface area contributed by atoms with Crippen molar-refractivity contribution in [2.75, 3.05) is 6.54 Å². The van der Waals surface area contributed by atoms with E-state index in [2.05, 4.69) is 69.9 Å². The molecular formula is C17H22BrNS. The van der Waals surface area contributed by atoms with Crippen molar-refractivity contribution in [1.82, 2.24) is 5.32 Å². The van der Waals surface area contributed by atoms with Gasteiger partial charge >= 0.3 is 0 Å². The number of benzene rings is 1. The first-order valence-electron chi connectivity index (χ1n) is 7.28. The Hall–Kier alpha value is -0.640. The van der Waals surface area contributed by atoms with E-state index in [-0.39, 0.29) is 0 Å². The number of hydrogen-bond donors (Lipinski definition) is 1. The van der Waals surface area contributed by atoms with Crippen LogP contribution in [-0.4, -0.2) is 12.6 Å². The van der Waals surface area contributed by atoms with Crippen molar-refractivity contribution in [3.63, 3.8) is 0 Å². The normalized spacial score (nSPS) is 12.5. The van der Waals surface area contributed by atoms with Gasteiger partial charge in [0.15, 0.2) is 0 Å². The Labute approximate surface area is 134 Å². The smallest absolute Gasteiger partial charge is 0.0175 e. The lowest BCUT2D eigenvalue weighted by Gasteiger charge is -2.18. The molecule has 0 amide bonds. The lowest BCUT2D eigenvalue weighted by atomic mass is 10.0. The van der Waals surface area contributed by atoms with Crippen LogP contribution in [0.4, 0.5) is 0 Å². The first kappa shape index (κ1) is 15.7. The fourth-order valence-corrected chi connectivity index (χ4v) is 3.29. The molecule has 20 heavy (non-hydrogen) atoms. The molecule has 0 aliphatic heterocycles. The minimum absolute atomic E-state index is 0.568. The molecule has 0 bridgehead atoms. The highest BCUT2D eigenvalue weighted by Gasteiger charge is 2.09. The van der Waals surface area contributed by atoms with Crippen LogP contribution in [0.2, 0.25) is 0 Å². The summed E-state index contributed by atoms with van der Waals surface area (Å²) in [5.41, 5.74) is 1.41. The van der Waals surface area contributed by atoms with E-state index in [1.54, 1.807) is 0 Å². The van der Waals surface area contributed by atoms with Gasteiger partial charge in [-0.15, -0.1) is 11.3 Å². The lowest BCUT2D eigenvalue weighted by molar-refractivity contribution is 0.479. The van der Waals surface area contributed by atoms with Gasteiger partial charge in [0, 0.05) is 15.4 Å². The molecule has 1 unspecified atom stereocenters. The summed E-state index contributed by atoms with van der Waals surface area (Å²) >= 11 is 5.36. The minimum Gasteiger partial charge on any atom is -0.314 e. The van der Waals surface area contributed by atoms with Crippen molar-refractivity contribution in [3.05, 3.63) is 56.7 Å². The quantitative estimate of drug-likeness (QED) is 0.701. The van der Waals surface area contributed by atoms with Crippen molar-refractivity contribution >= 4 is 27.3 Å². The Balaban J connectivity index is 1.90. The molecule has 1 atom stereocenters. The summed E-state index contributed by atoms with van der Waals surface area (Å²) in [4.78, 5) is 1.49. The van der Waals surface area contributed by atoms with Crippen LogP contribution in [-0.2, 0) is 12.8 Å². The molecule has 1 N–H and O–H groups in total. The van der Waals surface area contributed by atoms with Crippen molar-refractivity contribution in [1.29, 1.82) is 0 Å².